The number of hydrogen-bond donors (Lipinski definition) is 1. The van der Waals surface area contributed by atoms with Crippen LogP contribution in [0.3, 0.4) is 0 Å². The average Bonchev–Trinajstić information content (AvgIpc) is 2.09. The molecule has 4 heteroatoms. The molecular weight excluding hydrogens is 134 g/mol. The maximum Gasteiger partial charge on any atom is 0.415 e. The lowest BCUT2D eigenvalue weighted by Crippen LogP contribution is -2.34. The Kier molecular flexibility index (Phi) is 1.39. The average molecular weight is 143 g/mol. The molecular formula is C6H9NO3. The van der Waals surface area contributed by atoms with Gasteiger partial charge in [0.15, 0.2) is 5.60 Å². The van der Waals surface area contributed by atoms with Crippen molar-refractivity contribution in [1.82, 2.24) is 5.32 Å². The molecule has 1 aliphatic heterocycles. The van der Waals surface area contributed by atoms with Crippen LogP contribution in [-0.2, 0) is 9.53 Å². The van der Waals surface area contributed by atoms with E-state index in [1.54, 1.807) is 13.8 Å². The van der Waals surface area contributed by atoms with Crippen molar-refractivity contribution in [2.24, 2.45) is 0 Å². The predicted molar refractivity (Wildman–Crippen MR) is 33.3 cm³/mol. The Morgan fingerprint density at radius 3 is 2.40 bits per heavy atom. The highest BCUT2D eigenvalue weighted by Crippen LogP contribution is 2.19. The van der Waals surface area contributed by atoms with Crippen LogP contribution in [0.4, 0.5) is 4.79 Å². The summed E-state index contributed by atoms with van der Waals surface area (Å²) in [6.45, 7) is 3.38. The molecule has 0 spiro atoms. The monoisotopic (exact) mass is 143 g/mol. The van der Waals surface area contributed by atoms with Crippen LogP contribution in [0.25, 0.3) is 0 Å². The van der Waals surface area contributed by atoms with Gasteiger partial charge in [-0.05, 0) is 13.3 Å². The molecule has 1 N–H and O–H groups in total. The number of ether oxygens (including phenoxy) is 1. The number of carbonyl (C=O) groups is 2. The number of nitrogens with one attached hydrogen (secondary N) is 1. The summed E-state index contributed by atoms with van der Waals surface area (Å²) in [7, 11) is 0. The predicted octanol–water partition coefficient (Wildman–Crippen LogP) is 0.422. The van der Waals surface area contributed by atoms with Crippen LogP contribution >= 0.6 is 0 Å². The molecule has 1 rings (SSSR count). The summed E-state index contributed by atoms with van der Waals surface area (Å²) >= 11 is 0. The SMILES string of the molecule is CCC1(C)OC(=O)NC1=O. The van der Waals surface area contributed by atoms with Gasteiger partial charge >= 0.3 is 6.09 Å². The number of rotatable bonds is 1. The van der Waals surface area contributed by atoms with Crippen molar-refractivity contribution in [2.75, 3.05) is 0 Å². The second-order valence-corrected chi connectivity index (χ2v) is 2.43. The molecule has 0 bridgehead atoms. The van der Waals surface area contributed by atoms with Crippen molar-refractivity contribution in [2.45, 2.75) is 25.9 Å². The molecule has 0 saturated carbocycles. The molecule has 1 fully saturated rings. The number of carbonyl (C=O) groups excluding carboxylic acids is 2. The Hall–Kier alpha value is -1.06. The molecule has 2 amide bonds. The smallest absolute Gasteiger partial charge is 0.415 e. The highest BCUT2D eigenvalue weighted by Gasteiger charge is 2.42. The number of cyclic esters (lactones) is 1. The highest BCUT2D eigenvalue weighted by atomic mass is 16.6. The van der Waals surface area contributed by atoms with Gasteiger partial charge in [0.05, 0.1) is 0 Å². The fourth-order valence-electron chi connectivity index (χ4n) is 0.734. The van der Waals surface area contributed by atoms with Crippen LogP contribution in [0, 0.1) is 0 Å². The zero-order chi connectivity index (χ0) is 7.78. The van der Waals surface area contributed by atoms with E-state index >= 15 is 0 Å². The standard InChI is InChI=1S/C6H9NO3/c1-3-6(2)4(8)7-5(9)10-6/h3H2,1-2H3,(H,7,8,9). The Morgan fingerprint density at radius 2 is 2.20 bits per heavy atom. The van der Waals surface area contributed by atoms with Crippen molar-refractivity contribution in [1.29, 1.82) is 0 Å². The largest absolute Gasteiger partial charge is 0.433 e. The Balaban J connectivity index is 2.80. The van der Waals surface area contributed by atoms with E-state index < -0.39 is 11.7 Å². The molecule has 1 heterocycles. The van der Waals surface area contributed by atoms with Crippen LogP contribution in [0.2, 0.25) is 0 Å². The van der Waals surface area contributed by atoms with Gasteiger partial charge in [-0.15, -0.1) is 0 Å². The van der Waals surface area contributed by atoms with E-state index in [4.69, 9.17) is 4.74 Å². The number of amides is 2. The molecule has 0 aromatic rings. The van der Waals surface area contributed by atoms with Gasteiger partial charge in [0.2, 0.25) is 0 Å². The molecule has 1 atom stereocenters. The summed E-state index contributed by atoms with van der Waals surface area (Å²) in [5.41, 5.74) is -0.933. The van der Waals surface area contributed by atoms with Crippen molar-refractivity contribution in [3.8, 4) is 0 Å². The van der Waals surface area contributed by atoms with Crippen molar-refractivity contribution in [3.05, 3.63) is 0 Å². The van der Waals surface area contributed by atoms with Gasteiger partial charge in [0, 0.05) is 0 Å². The van der Waals surface area contributed by atoms with Gasteiger partial charge in [0.25, 0.3) is 5.91 Å². The third kappa shape index (κ3) is 0.853. The zero-order valence-corrected chi connectivity index (χ0v) is 5.93. The number of alkyl carbamates (subject to hydrolysis) is 1. The molecule has 1 unspecified atom stereocenters. The molecule has 0 aromatic carbocycles. The zero-order valence-electron chi connectivity index (χ0n) is 5.93. The van der Waals surface area contributed by atoms with Crippen molar-refractivity contribution in [3.63, 3.8) is 0 Å². The van der Waals surface area contributed by atoms with Crippen LogP contribution in [0.15, 0.2) is 0 Å². The summed E-state index contributed by atoms with van der Waals surface area (Å²) < 4.78 is 4.71. The lowest BCUT2D eigenvalue weighted by Gasteiger charge is -2.15. The summed E-state index contributed by atoms with van der Waals surface area (Å²) in [6.07, 6.45) is -0.140. The fraction of sp³-hybridized carbons (Fsp3) is 0.667. The van der Waals surface area contributed by atoms with Gasteiger partial charge in [-0.25, -0.2) is 4.79 Å². The van der Waals surface area contributed by atoms with E-state index in [1.165, 1.54) is 0 Å². The molecule has 1 aliphatic rings. The van der Waals surface area contributed by atoms with E-state index in [2.05, 4.69) is 5.32 Å². The molecule has 0 aliphatic carbocycles. The quantitative estimate of drug-likeness (QED) is 0.578. The summed E-state index contributed by atoms with van der Waals surface area (Å²) in [6, 6.07) is 0. The third-order valence-electron chi connectivity index (χ3n) is 1.69. The minimum absolute atomic E-state index is 0.347. The van der Waals surface area contributed by atoms with Crippen LogP contribution < -0.4 is 5.32 Å². The normalized spacial score (nSPS) is 31.8. The van der Waals surface area contributed by atoms with Crippen LogP contribution in [0.5, 0.6) is 0 Å². The molecule has 10 heavy (non-hydrogen) atoms. The summed E-state index contributed by atoms with van der Waals surface area (Å²) in [4.78, 5) is 21.4. The first-order chi connectivity index (χ1) is 4.58. The third-order valence-corrected chi connectivity index (χ3v) is 1.69. The number of hydrogen-bond acceptors (Lipinski definition) is 3. The Labute approximate surface area is 58.5 Å². The van der Waals surface area contributed by atoms with E-state index in [0.29, 0.717) is 6.42 Å². The van der Waals surface area contributed by atoms with E-state index in [0.717, 1.165) is 0 Å². The maximum atomic E-state index is 10.9. The lowest BCUT2D eigenvalue weighted by molar-refractivity contribution is -0.130. The first-order valence-electron chi connectivity index (χ1n) is 3.13. The summed E-state index contributed by atoms with van der Waals surface area (Å²) in [5, 5.41) is 2.06. The minimum Gasteiger partial charge on any atom is -0.433 e. The van der Waals surface area contributed by atoms with Gasteiger partial charge in [-0.1, -0.05) is 6.92 Å². The van der Waals surface area contributed by atoms with Crippen LogP contribution in [0.1, 0.15) is 20.3 Å². The molecule has 1 saturated heterocycles. The fourth-order valence-corrected chi connectivity index (χ4v) is 0.734. The van der Waals surface area contributed by atoms with Gasteiger partial charge < -0.3 is 4.74 Å². The minimum atomic E-state index is -0.933. The number of imide groups is 1. The molecule has 0 radical (unpaired) electrons. The van der Waals surface area contributed by atoms with E-state index in [1.807, 2.05) is 0 Å². The van der Waals surface area contributed by atoms with E-state index in [9.17, 15) is 9.59 Å². The van der Waals surface area contributed by atoms with Gasteiger partial charge in [0.1, 0.15) is 0 Å². The highest BCUT2D eigenvalue weighted by molar-refractivity contribution is 6.02. The Bertz CT molecular complexity index is 189. The second kappa shape index (κ2) is 1.97. The Morgan fingerprint density at radius 1 is 1.60 bits per heavy atom. The van der Waals surface area contributed by atoms with E-state index in [-0.39, 0.29) is 5.91 Å². The van der Waals surface area contributed by atoms with Crippen molar-refractivity contribution < 1.29 is 14.3 Å². The maximum absolute atomic E-state index is 10.9. The first kappa shape index (κ1) is 7.05. The van der Waals surface area contributed by atoms with Crippen LogP contribution in [-0.4, -0.2) is 17.6 Å². The molecule has 0 aromatic heterocycles. The first-order valence-corrected chi connectivity index (χ1v) is 3.13. The second-order valence-electron chi connectivity index (χ2n) is 2.43. The molecule has 4 nitrogen and oxygen atoms in total. The van der Waals surface area contributed by atoms with Gasteiger partial charge in [-0.3, -0.25) is 10.1 Å². The topological polar surface area (TPSA) is 55.4 Å². The van der Waals surface area contributed by atoms with Gasteiger partial charge in [-0.2, -0.15) is 0 Å². The molecule has 56 valence electrons. The summed E-state index contributed by atoms with van der Waals surface area (Å²) in [5.74, 6) is -0.347. The van der Waals surface area contributed by atoms with Crippen molar-refractivity contribution >= 4 is 12.0 Å². The lowest BCUT2D eigenvalue weighted by atomic mass is 10.0.